The molecule has 1 aliphatic rings. The fourth-order valence-electron chi connectivity index (χ4n) is 2.99. The third kappa shape index (κ3) is 3.83. The van der Waals surface area contributed by atoms with Crippen molar-refractivity contribution in [1.82, 2.24) is 10.6 Å². The summed E-state index contributed by atoms with van der Waals surface area (Å²) in [7, 11) is 0. The molecule has 0 aliphatic carbocycles. The lowest BCUT2D eigenvalue weighted by Gasteiger charge is -2.36. The summed E-state index contributed by atoms with van der Waals surface area (Å²) in [5.74, 6) is 0.223. The topological polar surface area (TPSA) is 41.1 Å². The van der Waals surface area contributed by atoms with Crippen LogP contribution in [0.1, 0.15) is 38.2 Å². The third-order valence-corrected chi connectivity index (χ3v) is 4.61. The van der Waals surface area contributed by atoms with E-state index in [9.17, 15) is 4.79 Å². The molecule has 1 fully saturated rings. The third-order valence-electron chi connectivity index (χ3n) is 4.11. The summed E-state index contributed by atoms with van der Waals surface area (Å²) < 4.78 is 1.05. The number of hydrogen-bond acceptors (Lipinski definition) is 2. The fraction of sp³-hybridized carbons (Fsp3) is 0.562. The van der Waals surface area contributed by atoms with Gasteiger partial charge in [-0.2, -0.15) is 0 Å². The largest absolute Gasteiger partial charge is 0.352 e. The van der Waals surface area contributed by atoms with Crippen LogP contribution in [0.2, 0.25) is 0 Å². The minimum atomic E-state index is -0.161. The van der Waals surface area contributed by atoms with Crippen molar-refractivity contribution in [2.24, 2.45) is 5.41 Å². The molecule has 0 saturated carbocycles. The molecule has 4 heteroatoms. The second kappa shape index (κ2) is 7.23. The Hall–Kier alpha value is -0.870. The summed E-state index contributed by atoms with van der Waals surface area (Å²) in [4.78, 5) is 12.6. The zero-order valence-electron chi connectivity index (χ0n) is 12.0. The Morgan fingerprint density at radius 3 is 2.80 bits per heavy atom. The molecule has 1 aromatic carbocycles. The molecule has 0 aromatic heterocycles. The van der Waals surface area contributed by atoms with Crippen molar-refractivity contribution >= 4 is 21.8 Å². The summed E-state index contributed by atoms with van der Waals surface area (Å²) in [5.41, 5.74) is 0.972. The number of amides is 1. The van der Waals surface area contributed by atoms with E-state index in [0.29, 0.717) is 6.54 Å². The Morgan fingerprint density at radius 1 is 1.40 bits per heavy atom. The van der Waals surface area contributed by atoms with E-state index in [1.165, 1.54) is 0 Å². The zero-order chi connectivity index (χ0) is 14.4. The van der Waals surface area contributed by atoms with Gasteiger partial charge in [0.1, 0.15) is 0 Å². The molecule has 1 amide bonds. The number of carbonyl (C=O) groups excluding carboxylic acids is 1. The standard InChI is InChI=1S/C16H23BrN2O/c1-2-6-16(7-9-18-10-8-16)15(20)19-12-13-4-3-5-14(17)11-13/h3-5,11,18H,2,6-10,12H2,1H3,(H,19,20). The van der Waals surface area contributed by atoms with Gasteiger partial charge in [-0.1, -0.05) is 41.4 Å². The molecule has 0 spiro atoms. The number of rotatable bonds is 5. The van der Waals surface area contributed by atoms with Crippen molar-refractivity contribution < 1.29 is 4.79 Å². The minimum Gasteiger partial charge on any atom is -0.352 e. The molecule has 0 bridgehead atoms. The Balaban J connectivity index is 1.98. The van der Waals surface area contributed by atoms with E-state index >= 15 is 0 Å². The number of carbonyl (C=O) groups is 1. The second-order valence-electron chi connectivity index (χ2n) is 5.59. The van der Waals surface area contributed by atoms with E-state index in [-0.39, 0.29) is 11.3 Å². The highest BCUT2D eigenvalue weighted by molar-refractivity contribution is 9.10. The van der Waals surface area contributed by atoms with Crippen molar-refractivity contribution in [2.45, 2.75) is 39.2 Å². The summed E-state index contributed by atoms with van der Waals surface area (Å²) in [6, 6.07) is 8.09. The Kier molecular flexibility index (Phi) is 5.61. The molecule has 3 nitrogen and oxygen atoms in total. The average Bonchev–Trinajstić information content (AvgIpc) is 2.46. The highest BCUT2D eigenvalue weighted by Gasteiger charge is 2.38. The Morgan fingerprint density at radius 2 is 2.15 bits per heavy atom. The Bertz CT molecular complexity index is 450. The normalized spacial score (nSPS) is 17.7. The van der Waals surface area contributed by atoms with Crippen LogP contribution in [0, 0.1) is 5.41 Å². The van der Waals surface area contributed by atoms with Gasteiger partial charge < -0.3 is 10.6 Å². The maximum Gasteiger partial charge on any atom is 0.226 e. The van der Waals surface area contributed by atoms with Gasteiger partial charge in [-0.05, 0) is 50.0 Å². The van der Waals surface area contributed by atoms with Crippen LogP contribution in [-0.2, 0) is 11.3 Å². The first kappa shape index (κ1) is 15.5. The van der Waals surface area contributed by atoms with Gasteiger partial charge in [-0.15, -0.1) is 0 Å². The monoisotopic (exact) mass is 338 g/mol. The summed E-state index contributed by atoms with van der Waals surface area (Å²) in [5, 5.41) is 6.48. The highest BCUT2D eigenvalue weighted by Crippen LogP contribution is 2.34. The first-order valence-corrected chi connectivity index (χ1v) is 8.19. The van der Waals surface area contributed by atoms with Crippen molar-refractivity contribution in [1.29, 1.82) is 0 Å². The van der Waals surface area contributed by atoms with Crippen LogP contribution < -0.4 is 10.6 Å². The fourth-order valence-corrected chi connectivity index (χ4v) is 3.44. The number of nitrogens with one attached hydrogen (secondary N) is 2. The van der Waals surface area contributed by atoms with Gasteiger partial charge >= 0.3 is 0 Å². The van der Waals surface area contributed by atoms with Crippen LogP contribution >= 0.6 is 15.9 Å². The van der Waals surface area contributed by atoms with Gasteiger partial charge in [0.25, 0.3) is 0 Å². The van der Waals surface area contributed by atoms with Gasteiger partial charge in [-0.25, -0.2) is 0 Å². The average molecular weight is 339 g/mol. The van der Waals surface area contributed by atoms with E-state index in [0.717, 1.165) is 48.8 Å². The smallest absolute Gasteiger partial charge is 0.226 e. The lowest BCUT2D eigenvalue weighted by molar-refractivity contribution is -0.133. The predicted molar refractivity (Wildman–Crippen MR) is 85.4 cm³/mol. The van der Waals surface area contributed by atoms with Crippen LogP contribution in [0.3, 0.4) is 0 Å². The van der Waals surface area contributed by atoms with E-state index in [4.69, 9.17) is 0 Å². The summed E-state index contributed by atoms with van der Waals surface area (Å²) >= 11 is 3.46. The zero-order valence-corrected chi connectivity index (χ0v) is 13.6. The number of piperidine rings is 1. The van der Waals surface area contributed by atoms with Gasteiger partial charge in [0, 0.05) is 11.0 Å². The molecule has 1 aliphatic heterocycles. The molecule has 1 aromatic rings. The van der Waals surface area contributed by atoms with E-state index < -0.39 is 0 Å². The molecule has 2 N–H and O–H groups in total. The van der Waals surface area contributed by atoms with Crippen LogP contribution in [-0.4, -0.2) is 19.0 Å². The molecule has 110 valence electrons. The first-order valence-electron chi connectivity index (χ1n) is 7.40. The molecule has 1 saturated heterocycles. The van der Waals surface area contributed by atoms with Crippen molar-refractivity contribution in [3.8, 4) is 0 Å². The van der Waals surface area contributed by atoms with Crippen molar-refractivity contribution in [2.75, 3.05) is 13.1 Å². The maximum absolute atomic E-state index is 12.6. The van der Waals surface area contributed by atoms with Gasteiger partial charge in [0.2, 0.25) is 5.91 Å². The number of benzene rings is 1. The lowest BCUT2D eigenvalue weighted by Crippen LogP contribution is -2.47. The van der Waals surface area contributed by atoms with Crippen LogP contribution in [0.5, 0.6) is 0 Å². The van der Waals surface area contributed by atoms with E-state index in [1.54, 1.807) is 0 Å². The first-order chi connectivity index (χ1) is 9.66. The number of hydrogen-bond donors (Lipinski definition) is 2. The van der Waals surface area contributed by atoms with Gasteiger partial charge in [-0.3, -0.25) is 4.79 Å². The summed E-state index contributed by atoms with van der Waals surface area (Å²) in [6.07, 6.45) is 3.94. The molecule has 0 radical (unpaired) electrons. The van der Waals surface area contributed by atoms with Crippen molar-refractivity contribution in [3.05, 3.63) is 34.3 Å². The van der Waals surface area contributed by atoms with Crippen LogP contribution in [0.15, 0.2) is 28.7 Å². The van der Waals surface area contributed by atoms with Crippen molar-refractivity contribution in [3.63, 3.8) is 0 Å². The van der Waals surface area contributed by atoms with E-state index in [1.807, 2.05) is 18.2 Å². The maximum atomic E-state index is 12.6. The highest BCUT2D eigenvalue weighted by atomic mass is 79.9. The number of halogens is 1. The molecule has 1 heterocycles. The molecule has 0 unspecified atom stereocenters. The second-order valence-corrected chi connectivity index (χ2v) is 6.51. The SMILES string of the molecule is CCCC1(C(=O)NCc2cccc(Br)c2)CCNCC1. The quantitative estimate of drug-likeness (QED) is 0.865. The van der Waals surface area contributed by atoms with Crippen LogP contribution in [0.4, 0.5) is 0 Å². The van der Waals surface area contributed by atoms with Gasteiger partial charge in [0.15, 0.2) is 0 Å². The minimum absolute atomic E-state index is 0.161. The predicted octanol–water partition coefficient (Wildman–Crippen LogP) is 3.24. The molecule has 0 atom stereocenters. The molecule has 2 rings (SSSR count). The molecular weight excluding hydrogens is 316 g/mol. The van der Waals surface area contributed by atoms with Gasteiger partial charge in [0.05, 0.1) is 5.41 Å². The molecule has 20 heavy (non-hydrogen) atoms. The molecular formula is C16H23BrN2O. The Labute approximate surface area is 129 Å². The summed E-state index contributed by atoms with van der Waals surface area (Å²) in [6.45, 7) is 4.66. The lowest BCUT2D eigenvalue weighted by atomic mass is 9.74. The van der Waals surface area contributed by atoms with Crippen LogP contribution in [0.25, 0.3) is 0 Å². The van der Waals surface area contributed by atoms with E-state index in [2.05, 4.69) is 39.6 Å².